The highest BCUT2D eigenvalue weighted by Gasteiger charge is 2.06. The second kappa shape index (κ2) is 12.2. The Morgan fingerprint density at radius 1 is 1.08 bits per heavy atom. The Kier molecular flexibility index (Phi) is 10.2. The Labute approximate surface area is 154 Å². The third-order valence-electron chi connectivity index (χ3n) is 3.44. The molecule has 0 spiro atoms. The van der Waals surface area contributed by atoms with E-state index in [0.29, 0.717) is 12.2 Å². The molecule has 138 valence electrons. The van der Waals surface area contributed by atoms with Crippen molar-refractivity contribution in [3.8, 4) is 5.75 Å². The van der Waals surface area contributed by atoms with Crippen molar-refractivity contribution in [3.05, 3.63) is 29.8 Å². The van der Waals surface area contributed by atoms with Crippen LogP contribution in [0.1, 0.15) is 51.0 Å². The summed E-state index contributed by atoms with van der Waals surface area (Å²) in [6.45, 7) is 3.95. The van der Waals surface area contributed by atoms with E-state index in [1.165, 1.54) is 12.8 Å². The first-order valence-corrected chi connectivity index (χ1v) is 9.00. The first kappa shape index (κ1) is 20.9. The van der Waals surface area contributed by atoms with Gasteiger partial charge in [-0.1, -0.05) is 44.7 Å². The number of unbranched alkanes of at least 4 members (excludes halogenated alkanes) is 4. The number of carbonyl (C=O) groups excluding carboxylic acids is 2. The molecule has 0 unspecified atom stereocenters. The molecule has 0 aliphatic rings. The van der Waals surface area contributed by atoms with Gasteiger partial charge in [-0.25, -0.2) is 0 Å². The number of rotatable bonds is 9. The molecule has 0 aliphatic carbocycles. The standard InChI is InChI=1S/C18H27N3O3S/c1-3-4-5-6-7-11-16(22)19-18(25)21-20-17(23)13-24-15-10-8-9-14(2)12-15/h8-10,12H,3-7,11,13H2,1-2H3,(H,20,23)(H2,19,21,22,25). The molecule has 0 atom stereocenters. The molecule has 2 amide bonds. The van der Waals surface area contributed by atoms with Crippen molar-refractivity contribution in [2.75, 3.05) is 6.61 Å². The van der Waals surface area contributed by atoms with Gasteiger partial charge in [0.15, 0.2) is 11.7 Å². The van der Waals surface area contributed by atoms with Crippen molar-refractivity contribution < 1.29 is 14.3 Å². The van der Waals surface area contributed by atoms with Crippen LogP contribution in [0.3, 0.4) is 0 Å². The second-order valence-electron chi connectivity index (χ2n) is 5.82. The summed E-state index contributed by atoms with van der Waals surface area (Å²) >= 11 is 4.97. The highest BCUT2D eigenvalue weighted by Crippen LogP contribution is 2.11. The number of thiocarbonyl (C=S) groups is 1. The number of hydrogen-bond acceptors (Lipinski definition) is 4. The summed E-state index contributed by atoms with van der Waals surface area (Å²) in [7, 11) is 0. The Balaban J connectivity index is 2.14. The minimum atomic E-state index is -0.391. The van der Waals surface area contributed by atoms with E-state index in [-0.39, 0.29) is 17.6 Å². The molecule has 25 heavy (non-hydrogen) atoms. The van der Waals surface area contributed by atoms with Crippen LogP contribution in [0, 0.1) is 6.92 Å². The van der Waals surface area contributed by atoms with Crippen LogP contribution in [0.5, 0.6) is 5.75 Å². The lowest BCUT2D eigenvalue weighted by Gasteiger charge is -2.11. The van der Waals surface area contributed by atoms with Crippen molar-refractivity contribution in [2.24, 2.45) is 0 Å². The van der Waals surface area contributed by atoms with Crippen molar-refractivity contribution in [2.45, 2.75) is 52.4 Å². The molecule has 0 saturated carbocycles. The lowest BCUT2D eigenvalue weighted by molar-refractivity contribution is -0.124. The lowest BCUT2D eigenvalue weighted by atomic mass is 10.1. The molecular weight excluding hydrogens is 338 g/mol. The van der Waals surface area contributed by atoms with E-state index in [4.69, 9.17) is 17.0 Å². The summed E-state index contributed by atoms with van der Waals surface area (Å²) in [4.78, 5) is 23.4. The molecule has 1 rings (SSSR count). The zero-order chi connectivity index (χ0) is 18.5. The van der Waals surface area contributed by atoms with Gasteiger partial charge >= 0.3 is 0 Å². The van der Waals surface area contributed by atoms with E-state index < -0.39 is 5.91 Å². The van der Waals surface area contributed by atoms with E-state index in [0.717, 1.165) is 24.8 Å². The molecule has 0 aromatic heterocycles. The first-order chi connectivity index (χ1) is 12.0. The normalized spacial score (nSPS) is 10.0. The zero-order valence-electron chi connectivity index (χ0n) is 14.9. The van der Waals surface area contributed by atoms with Crippen LogP contribution in [0.15, 0.2) is 24.3 Å². The van der Waals surface area contributed by atoms with Gasteiger partial charge in [-0.05, 0) is 43.3 Å². The van der Waals surface area contributed by atoms with Crippen LogP contribution in [-0.4, -0.2) is 23.5 Å². The monoisotopic (exact) mass is 365 g/mol. The van der Waals surface area contributed by atoms with E-state index in [1.807, 2.05) is 25.1 Å². The largest absolute Gasteiger partial charge is 0.484 e. The van der Waals surface area contributed by atoms with Crippen LogP contribution in [0.4, 0.5) is 0 Å². The van der Waals surface area contributed by atoms with Crippen LogP contribution in [0.25, 0.3) is 0 Å². The van der Waals surface area contributed by atoms with Gasteiger partial charge in [-0.15, -0.1) is 0 Å². The Morgan fingerprint density at radius 2 is 1.84 bits per heavy atom. The maximum Gasteiger partial charge on any atom is 0.276 e. The van der Waals surface area contributed by atoms with Crippen LogP contribution in [-0.2, 0) is 9.59 Å². The van der Waals surface area contributed by atoms with E-state index >= 15 is 0 Å². The van der Waals surface area contributed by atoms with E-state index in [2.05, 4.69) is 23.1 Å². The molecule has 0 aliphatic heterocycles. The number of hydrogen-bond donors (Lipinski definition) is 3. The van der Waals surface area contributed by atoms with Crippen molar-refractivity contribution in [1.29, 1.82) is 0 Å². The highest BCUT2D eigenvalue weighted by molar-refractivity contribution is 7.80. The van der Waals surface area contributed by atoms with Crippen LogP contribution >= 0.6 is 12.2 Å². The Hall–Kier alpha value is -2.15. The van der Waals surface area contributed by atoms with Gasteiger partial charge in [0.1, 0.15) is 5.75 Å². The number of benzene rings is 1. The number of nitrogens with one attached hydrogen (secondary N) is 3. The van der Waals surface area contributed by atoms with E-state index in [1.54, 1.807) is 6.07 Å². The molecule has 0 heterocycles. The molecule has 1 aromatic rings. The summed E-state index contributed by atoms with van der Waals surface area (Å²) in [5, 5.41) is 2.61. The molecule has 0 fully saturated rings. The van der Waals surface area contributed by atoms with Gasteiger partial charge in [0.05, 0.1) is 0 Å². The quantitative estimate of drug-likeness (QED) is 0.356. The number of amides is 2. The van der Waals surface area contributed by atoms with Gasteiger partial charge < -0.3 is 10.1 Å². The van der Waals surface area contributed by atoms with Gasteiger partial charge in [0.25, 0.3) is 5.91 Å². The molecular formula is C18H27N3O3S. The summed E-state index contributed by atoms with van der Waals surface area (Å²) in [6, 6.07) is 7.41. The highest BCUT2D eigenvalue weighted by atomic mass is 32.1. The van der Waals surface area contributed by atoms with Crippen molar-refractivity contribution in [3.63, 3.8) is 0 Å². The van der Waals surface area contributed by atoms with E-state index in [9.17, 15) is 9.59 Å². The smallest absolute Gasteiger partial charge is 0.276 e. The second-order valence-corrected chi connectivity index (χ2v) is 6.23. The third kappa shape index (κ3) is 10.3. The molecule has 0 bridgehead atoms. The first-order valence-electron chi connectivity index (χ1n) is 8.59. The fourth-order valence-electron chi connectivity index (χ4n) is 2.13. The summed E-state index contributed by atoms with van der Waals surface area (Å²) in [6.07, 6.45) is 5.81. The molecule has 7 heteroatoms. The number of ether oxygens (including phenoxy) is 1. The zero-order valence-corrected chi connectivity index (χ0v) is 15.7. The van der Waals surface area contributed by atoms with Crippen LogP contribution < -0.4 is 20.9 Å². The molecule has 1 aromatic carbocycles. The fourth-order valence-corrected chi connectivity index (χ4v) is 2.29. The van der Waals surface area contributed by atoms with Gasteiger partial charge in [0, 0.05) is 6.42 Å². The third-order valence-corrected chi connectivity index (χ3v) is 3.64. The average molecular weight is 365 g/mol. The van der Waals surface area contributed by atoms with Gasteiger partial charge in [0.2, 0.25) is 5.91 Å². The average Bonchev–Trinajstić information content (AvgIpc) is 2.58. The molecule has 0 saturated heterocycles. The van der Waals surface area contributed by atoms with Gasteiger partial charge in [-0.3, -0.25) is 20.4 Å². The number of carbonyl (C=O) groups is 2. The predicted molar refractivity (Wildman–Crippen MR) is 102 cm³/mol. The summed E-state index contributed by atoms with van der Waals surface area (Å²) in [5.41, 5.74) is 5.93. The SMILES string of the molecule is CCCCCCCC(=O)NC(=S)NNC(=O)COc1cccc(C)c1. The minimum absolute atomic E-state index is 0.0717. The number of hydrazine groups is 1. The maximum absolute atomic E-state index is 11.7. The Morgan fingerprint density at radius 3 is 2.56 bits per heavy atom. The lowest BCUT2D eigenvalue weighted by Crippen LogP contribution is -2.49. The van der Waals surface area contributed by atoms with Crippen molar-refractivity contribution in [1.82, 2.24) is 16.2 Å². The number of aryl methyl sites for hydroxylation is 1. The van der Waals surface area contributed by atoms with Crippen molar-refractivity contribution >= 4 is 29.1 Å². The summed E-state index contributed by atoms with van der Waals surface area (Å²) in [5.74, 6) is 0.0750. The minimum Gasteiger partial charge on any atom is -0.484 e. The molecule has 3 N–H and O–H groups in total. The maximum atomic E-state index is 11.7. The fraction of sp³-hybridized carbons (Fsp3) is 0.500. The van der Waals surface area contributed by atoms with Crippen LogP contribution in [0.2, 0.25) is 0 Å². The Bertz CT molecular complexity index is 578. The summed E-state index contributed by atoms with van der Waals surface area (Å²) < 4.78 is 5.36. The van der Waals surface area contributed by atoms with Gasteiger partial charge in [-0.2, -0.15) is 0 Å². The topological polar surface area (TPSA) is 79.5 Å². The molecule has 6 nitrogen and oxygen atoms in total. The molecule has 0 radical (unpaired) electrons. The predicted octanol–water partition coefficient (Wildman–Crippen LogP) is 2.76.